The van der Waals surface area contributed by atoms with Crippen LogP contribution in [-0.4, -0.2) is 66.4 Å². The van der Waals surface area contributed by atoms with Crippen LogP contribution < -0.4 is 10.5 Å². The van der Waals surface area contributed by atoms with Gasteiger partial charge in [0.25, 0.3) is 0 Å². The Balaban J connectivity index is 1.54. The van der Waals surface area contributed by atoms with Crippen molar-refractivity contribution < 1.29 is 24.8 Å². The van der Waals surface area contributed by atoms with Crippen molar-refractivity contribution in [2.75, 3.05) is 18.9 Å². The van der Waals surface area contributed by atoms with Gasteiger partial charge in [0.15, 0.2) is 23.2 Å². The summed E-state index contributed by atoms with van der Waals surface area (Å²) in [6, 6.07) is 0.145. The second kappa shape index (κ2) is 7.55. The van der Waals surface area contributed by atoms with Gasteiger partial charge in [0.05, 0.1) is 19.5 Å². The first-order chi connectivity index (χ1) is 13.1. The summed E-state index contributed by atoms with van der Waals surface area (Å²) in [6.45, 7) is 0.103. The number of aliphatic hydroxyl groups is 3. The van der Waals surface area contributed by atoms with Crippen LogP contribution in [0.5, 0.6) is 6.01 Å². The first-order valence-electron chi connectivity index (χ1n) is 9.33. The lowest BCUT2D eigenvalue weighted by atomic mass is 10.1. The van der Waals surface area contributed by atoms with E-state index in [4.69, 9.17) is 15.2 Å². The molecule has 0 amide bonds. The zero-order valence-corrected chi connectivity index (χ0v) is 14.9. The number of nitrogens with two attached hydrogens (primary N) is 1. The van der Waals surface area contributed by atoms with Crippen LogP contribution in [0, 0.1) is 5.92 Å². The third-order valence-corrected chi connectivity index (χ3v) is 5.45. The van der Waals surface area contributed by atoms with E-state index < -0.39 is 31.1 Å². The number of ether oxygens (including phenoxy) is 2. The van der Waals surface area contributed by atoms with E-state index in [2.05, 4.69) is 15.0 Å². The molecule has 4 atom stereocenters. The lowest BCUT2D eigenvalue weighted by molar-refractivity contribution is -0.0511. The summed E-state index contributed by atoms with van der Waals surface area (Å²) in [5.41, 5.74) is 6.68. The first-order valence-corrected chi connectivity index (χ1v) is 9.33. The van der Waals surface area contributed by atoms with Crippen LogP contribution in [0.15, 0.2) is 6.33 Å². The molecule has 2 aromatic rings. The van der Waals surface area contributed by atoms with Gasteiger partial charge in [0.1, 0.15) is 18.3 Å². The standard InChI is InChI=1S/C17H25N5O5/c18-14-11-15(21-17(20-14)26-6-5-9-3-1-2-4-9)22(8-19-11)16-13(25)12(24)10(7-23)27-16/h8-10,12-13,16,23-25H,1-7H2,(H2,18,20,21)/t10-,12-,13-,16?/m0/s1. The maximum Gasteiger partial charge on any atom is 0.320 e. The maximum atomic E-state index is 10.3. The SMILES string of the molecule is Nc1nc(OCCC2CCCC2)nc2c1ncn2C1O[C@@H](CO)[C@H](O)[C@@H]1O. The fourth-order valence-corrected chi connectivity index (χ4v) is 3.89. The molecule has 0 radical (unpaired) electrons. The highest BCUT2D eigenvalue weighted by atomic mass is 16.6. The van der Waals surface area contributed by atoms with Gasteiger partial charge in [-0.3, -0.25) is 4.57 Å². The molecule has 0 aromatic carbocycles. The molecule has 10 nitrogen and oxygen atoms in total. The molecule has 0 bridgehead atoms. The van der Waals surface area contributed by atoms with E-state index in [1.807, 2.05) is 0 Å². The van der Waals surface area contributed by atoms with E-state index in [-0.39, 0.29) is 11.8 Å². The van der Waals surface area contributed by atoms with Crippen LogP contribution in [0.1, 0.15) is 38.3 Å². The highest BCUT2D eigenvalue weighted by Gasteiger charge is 2.44. The fraction of sp³-hybridized carbons (Fsp3) is 0.706. The third-order valence-electron chi connectivity index (χ3n) is 5.45. The largest absolute Gasteiger partial charge is 0.463 e. The van der Waals surface area contributed by atoms with Crippen LogP contribution in [0.4, 0.5) is 5.82 Å². The van der Waals surface area contributed by atoms with Crippen molar-refractivity contribution in [3.63, 3.8) is 0 Å². The van der Waals surface area contributed by atoms with Gasteiger partial charge in [0, 0.05) is 0 Å². The molecule has 1 saturated heterocycles. The van der Waals surface area contributed by atoms with E-state index in [0.29, 0.717) is 23.7 Å². The minimum atomic E-state index is -1.23. The van der Waals surface area contributed by atoms with Crippen molar-refractivity contribution in [1.29, 1.82) is 0 Å². The molecule has 1 unspecified atom stereocenters. The van der Waals surface area contributed by atoms with Crippen LogP contribution in [0.2, 0.25) is 0 Å². The van der Waals surface area contributed by atoms with Crippen molar-refractivity contribution >= 4 is 17.0 Å². The molecule has 148 valence electrons. The molecule has 3 heterocycles. The second-order valence-electron chi connectivity index (χ2n) is 7.23. The lowest BCUT2D eigenvalue weighted by Crippen LogP contribution is -2.33. The fourth-order valence-electron chi connectivity index (χ4n) is 3.89. The normalized spacial score (nSPS) is 29.0. The summed E-state index contributed by atoms with van der Waals surface area (Å²) < 4.78 is 12.7. The minimum Gasteiger partial charge on any atom is -0.463 e. The summed E-state index contributed by atoms with van der Waals surface area (Å²) >= 11 is 0. The van der Waals surface area contributed by atoms with E-state index >= 15 is 0 Å². The summed E-state index contributed by atoms with van der Waals surface area (Å²) in [6.07, 6.45) is 3.14. The minimum absolute atomic E-state index is 0.145. The molecule has 0 spiro atoms. The van der Waals surface area contributed by atoms with Gasteiger partial charge in [-0.1, -0.05) is 25.7 Å². The Morgan fingerprint density at radius 1 is 1.22 bits per heavy atom. The highest BCUT2D eigenvalue weighted by molar-refractivity contribution is 5.82. The van der Waals surface area contributed by atoms with Gasteiger partial charge in [0.2, 0.25) is 0 Å². The average Bonchev–Trinajstić information content (AvgIpc) is 3.37. The molecular formula is C17H25N5O5. The number of hydrogen-bond acceptors (Lipinski definition) is 9. The number of imidazole rings is 1. The predicted molar refractivity (Wildman–Crippen MR) is 94.8 cm³/mol. The van der Waals surface area contributed by atoms with Gasteiger partial charge in [-0.2, -0.15) is 9.97 Å². The molecule has 27 heavy (non-hydrogen) atoms. The molecule has 2 aliphatic rings. The number of aliphatic hydroxyl groups excluding tert-OH is 3. The number of hydrogen-bond donors (Lipinski definition) is 4. The third kappa shape index (κ3) is 3.45. The summed E-state index contributed by atoms with van der Waals surface area (Å²) in [4.78, 5) is 12.7. The summed E-state index contributed by atoms with van der Waals surface area (Å²) in [7, 11) is 0. The Labute approximate surface area is 156 Å². The second-order valence-corrected chi connectivity index (χ2v) is 7.23. The zero-order chi connectivity index (χ0) is 19.0. The van der Waals surface area contributed by atoms with Crippen molar-refractivity contribution in [2.45, 2.75) is 56.6 Å². The van der Waals surface area contributed by atoms with E-state index in [9.17, 15) is 15.3 Å². The smallest absolute Gasteiger partial charge is 0.320 e. The average molecular weight is 379 g/mol. The number of anilines is 1. The highest BCUT2D eigenvalue weighted by Crippen LogP contribution is 2.32. The van der Waals surface area contributed by atoms with Gasteiger partial charge >= 0.3 is 6.01 Å². The van der Waals surface area contributed by atoms with Crippen LogP contribution in [0.3, 0.4) is 0 Å². The van der Waals surface area contributed by atoms with Crippen molar-refractivity contribution in [3.05, 3.63) is 6.33 Å². The van der Waals surface area contributed by atoms with Crippen molar-refractivity contribution in [2.24, 2.45) is 5.92 Å². The van der Waals surface area contributed by atoms with Gasteiger partial charge in [-0.25, -0.2) is 4.98 Å². The Morgan fingerprint density at radius 2 is 2.00 bits per heavy atom. The van der Waals surface area contributed by atoms with Gasteiger partial charge in [-0.15, -0.1) is 0 Å². The van der Waals surface area contributed by atoms with E-state index in [1.54, 1.807) is 0 Å². The first kappa shape index (κ1) is 18.4. The molecule has 2 aromatic heterocycles. The number of nitrogen functional groups attached to an aromatic ring is 1. The Morgan fingerprint density at radius 3 is 2.70 bits per heavy atom. The number of nitrogens with zero attached hydrogens (tertiary/aromatic N) is 4. The molecule has 5 N–H and O–H groups in total. The summed E-state index contributed by atoms with van der Waals surface area (Å²) in [5, 5.41) is 29.5. The van der Waals surface area contributed by atoms with Crippen molar-refractivity contribution in [3.8, 4) is 6.01 Å². The van der Waals surface area contributed by atoms with Crippen LogP contribution in [0.25, 0.3) is 11.2 Å². The molecule has 4 rings (SSSR count). The Hall–Kier alpha value is -2.01. The predicted octanol–water partition coefficient (Wildman–Crippen LogP) is -0.0209. The molecule has 2 fully saturated rings. The zero-order valence-electron chi connectivity index (χ0n) is 14.9. The quantitative estimate of drug-likeness (QED) is 0.543. The summed E-state index contributed by atoms with van der Waals surface area (Å²) in [5.74, 6) is 0.858. The number of rotatable bonds is 6. The molecular weight excluding hydrogens is 354 g/mol. The molecule has 10 heteroatoms. The Bertz CT molecular complexity index is 793. The molecule has 1 saturated carbocycles. The van der Waals surface area contributed by atoms with E-state index in [1.165, 1.54) is 36.6 Å². The van der Waals surface area contributed by atoms with E-state index in [0.717, 1.165) is 6.42 Å². The van der Waals surface area contributed by atoms with Crippen molar-refractivity contribution in [1.82, 2.24) is 19.5 Å². The monoisotopic (exact) mass is 379 g/mol. The lowest BCUT2D eigenvalue weighted by Gasteiger charge is -2.16. The topological polar surface area (TPSA) is 149 Å². The molecule has 1 aliphatic heterocycles. The van der Waals surface area contributed by atoms with Crippen LogP contribution in [-0.2, 0) is 4.74 Å². The number of fused-ring (bicyclic) bond motifs is 1. The maximum absolute atomic E-state index is 10.3. The van der Waals surface area contributed by atoms with Gasteiger partial charge in [-0.05, 0) is 12.3 Å². The molecule has 1 aliphatic carbocycles. The number of aromatic nitrogens is 4. The van der Waals surface area contributed by atoms with Crippen LogP contribution >= 0.6 is 0 Å². The van der Waals surface area contributed by atoms with Gasteiger partial charge < -0.3 is 30.5 Å². The Kier molecular flexibility index (Phi) is 5.13.